The molecular formula is C12H20N4O2. The Morgan fingerprint density at radius 3 is 2.94 bits per heavy atom. The summed E-state index contributed by atoms with van der Waals surface area (Å²) < 4.78 is 5.32. The topological polar surface area (TPSA) is 70.5 Å². The quantitative estimate of drug-likeness (QED) is 0.788. The molecule has 0 aliphatic carbocycles. The van der Waals surface area contributed by atoms with Gasteiger partial charge in [-0.3, -0.25) is 0 Å². The number of aliphatic hydroxyl groups is 1. The number of nitrogens with zero attached hydrogens (tertiary/aromatic N) is 3. The van der Waals surface area contributed by atoms with Crippen LogP contribution in [-0.4, -0.2) is 54.5 Å². The van der Waals surface area contributed by atoms with E-state index in [1.165, 1.54) is 0 Å². The Balaban J connectivity index is 1.96. The Morgan fingerprint density at radius 1 is 1.44 bits per heavy atom. The van der Waals surface area contributed by atoms with Gasteiger partial charge in [-0.1, -0.05) is 6.92 Å². The minimum Gasteiger partial charge on any atom is -0.396 e. The zero-order valence-corrected chi connectivity index (χ0v) is 10.7. The van der Waals surface area contributed by atoms with E-state index in [0.29, 0.717) is 6.54 Å². The SMILES string of the molecule is CC(CO)CNc1cc(N2CCOCC2)ncn1. The smallest absolute Gasteiger partial charge is 0.134 e. The van der Waals surface area contributed by atoms with Crippen molar-refractivity contribution in [3.05, 3.63) is 12.4 Å². The zero-order chi connectivity index (χ0) is 12.8. The molecule has 6 nitrogen and oxygen atoms in total. The largest absolute Gasteiger partial charge is 0.396 e. The first-order chi connectivity index (χ1) is 8.79. The molecule has 2 rings (SSSR count). The van der Waals surface area contributed by atoms with E-state index in [0.717, 1.165) is 37.9 Å². The molecule has 1 aliphatic heterocycles. The van der Waals surface area contributed by atoms with Crippen molar-refractivity contribution in [2.45, 2.75) is 6.92 Å². The lowest BCUT2D eigenvalue weighted by molar-refractivity contribution is 0.122. The normalized spacial score (nSPS) is 17.6. The summed E-state index contributed by atoms with van der Waals surface area (Å²) in [7, 11) is 0. The molecule has 2 heterocycles. The van der Waals surface area contributed by atoms with Gasteiger partial charge in [-0.05, 0) is 5.92 Å². The van der Waals surface area contributed by atoms with Gasteiger partial charge in [0.15, 0.2) is 0 Å². The first-order valence-corrected chi connectivity index (χ1v) is 6.29. The van der Waals surface area contributed by atoms with Gasteiger partial charge in [0.2, 0.25) is 0 Å². The Bertz CT molecular complexity index is 369. The summed E-state index contributed by atoms with van der Waals surface area (Å²) >= 11 is 0. The van der Waals surface area contributed by atoms with Crippen LogP contribution in [0.1, 0.15) is 6.92 Å². The van der Waals surface area contributed by atoms with Crippen molar-refractivity contribution in [2.75, 3.05) is 49.7 Å². The van der Waals surface area contributed by atoms with Gasteiger partial charge in [-0.2, -0.15) is 0 Å². The lowest BCUT2D eigenvalue weighted by atomic mass is 10.2. The van der Waals surface area contributed by atoms with Gasteiger partial charge in [0.1, 0.15) is 18.0 Å². The third-order valence-electron chi connectivity index (χ3n) is 2.93. The number of hydrogen-bond acceptors (Lipinski definition) is 6. The molecule has 2 N–H and O–H groups in total. The molecule has 0 spiro atoms. The third-order valence-corrected chi connectivity index (χ3v) is 2.93. The standard InChI is InChI=1S/C12H20N4O2/c1-10(8-17)7-13-11-6-12(15-9-14-11)16-2-4-18-5-3-16/h6,9-10,17H,2-5,7-8H2,1H3,(H,13,14,15). The van der Waals surface area contributed by atoms with E-state index in [1.807, 2.05) is 13.0 Å². The molecule has 18 heavy (non-hydrogen) atoms. The molecule has 1 aliphatic rings. The van der Waals surface area contributed by atoms with Crippen LogP contribution in [0.25, 0.3) is 0 Å². The molecule has 1 aromatic heterocycles. The number of anilines is 2. The summed E-state index contributed by atoms with van der Waals surface area (Å²) in [5.74, 6) is 1.94. The summed E-state index contributed by atoms with van der Waals surface area (Å²) in [6.07, 6.45) is 1.57. The summed E-state index contributed by atoms with van der Waals surface area (Å²) in [4.78, 5) is 10.6. The van der Waals surface area contributed by atoms with Gasteiger partial charge in [0.05, 0.1) is 13.2 Å². The van der Waals surface area contributed by atoms with Gasteiger partial charge in [-0.15, -0.1) is 0 Å². The summed E-state index contributed by atoms with van der Waals surface area (Å²) in [5, 5.41) is 12.2. The Kier molecular flexibility index (Phi) is 4.72. The van der Waals surface area contributed by atoms with E-state index in [1.54, 1.807) is 6.33 Å². The second kappa shape index (κ2) is 6.51. The number of ether oxygens (including phenoxy) is 1. The van der Waals surface area contributed by atoms with Crippen LogP contribution in [0, 0.1) is 5.92 Å². The highest BCUT2D eigenvalue weighted by molar-refractivity contribution is 5.48. The fourth-order valence-electron chi connectivity index (χ4n) is 1.75. The number of aliphatic hydroxyl groups excluding tert-OH is 1. The summed E-state index contributed by atoms with van der Waals surface area (Å²) in [5.41, 5.74) is 0. The molecule has 0 aromatic carbocycles. The Hall–Kier alpha value is -1.40. The predicted octanol–water partition coefficient (Wildman–Crippen LogP) is 0.353. The minimum absolute atomic E-state index is 0.175. The maximum absolute atomic E-state index is 8.98. The van der Waals surface area contributed by atoms with Crippen molar-refractivity contribution < 1.29 is 9.84 Å². The van der Waals surface area contributed by atoms with Crippen LogP contribution in [0.15, 0.2) is 12.4 Å². The van der Waals surface area contributed by atoms with Crippen molar-refractivity contribution in [3.63, 3.8) is 0 Å². The van der Waals surface area contributed by atoms with Crippen LogP contribution in [0.4, 0.5) is 11.6 Å². The molecule has 1 atom stereocenters. The molecule has 0 radical (unpaired) electrons. The van der Waals surface area contributed by atoms with Crippen LogP contribution in [0.3, 0.4) is 0 Å². The second-order valence-corrected chi connectivity index (χ2v) is 4.53. The van der Waals surface area contributed by atoms with Crippen LogP contribution in [0.5, 0.6) is 0 Å². The van der Waals surface area contributed by atoms with Crippen LogP contribution in [0.2, 0.25) is 0 Å². The molecule has 1 aromatic rings. The average Bonchev–Trinajstić information content (AvgIpc) is 2.46. The first-order valence-electron chi connectivity index (χ1n) is 6.29. The average molecular weight is 252 g/mol. The maximum atomic E-state index is 8.98. The van der Waals surface area contributed by atoms with Crippen LogP contribution >= 0.6 is 0 Å². The molecule has 0 bridgehead atoms. The highest BCUT2D eigenvalue weighted by Gasteiger charge is 2.13. The minimum atomic E-state index is 0.175. The molecular weight excluding hydrogens is 232 g/mol. The number of morpholine rings is 1. The molecule has 100 valence electrons. The zero-order valence-electron chi connectivity index (χ0n) is 10.7. The maximum Gasteiger partial charge on any atom is 0.134 e. The lowest BCUT2D eigenvalue weighted by Gasteiger charge is -2.27. The van der Waals surface area contributed by atoms with Crippen molar-refractivity contribution in [3.8, 4) is 0 Å². The van der Waals surface area contributed by atoms with Gasteiger partial charge < -0.3 is 20.1 Å². The Labute approximate surface area is 107 Å². The van der Waals surface area contributed by atoms with Crippen LogP contribution in [-0.2, 0) is 4.74 Å². The fraction of sp³-hybridized carbons (Fsp3) is 0.667. The number of hydrogen-bond donors (Lipinski definition) is 2. The van der Waals surface area contributed by atoms with E-state index in [-0.39, 0.29) is 12.5 Å². The second-order valence-electron chi connectivity index (χ2n) is 4.53. The van der Waals surface area contributed by atoms with E-state index < -0.39 is 0 Å². The van der Waals surface area contributed by atoms with Gasteiger partial charge >= 0.3 is 0 Å². The molecule has 0 amide bonds. The van der Waals surface area contributed by atoms with Gasteiger partial charge in [-0.25, -0.2) is 9.97 Å². The predicted molar refractivity (Wildman–Crippen MR) is 69.8 cm³/mol. The Morgan fingerprint density at radius 2 is 2.22 bits per heavy atom. The number of rotatable bonds is 5. The van der Waals surface area contributed by atoms with Crippen molar-refractivity contribution >= 4 is 11.6 Å². The van der Waals surface area contributed by atoms with E-state index in [2.05, 4.69) is 20.2 Å². The highest BCUT2D eigenvalue weighted by atomic mass is 16.5. The lowest BCUT2D eigenvalue weighted by Crippen LogP contribution is -2.36. The van der Waals surface area contributed by atoms with Crippen molar-refractivity contribution in [1.82, 2.24) is 9.97 Å². The summed E-state index contributed by atoms with van der Waals surface area (Å²) in [6.45, 7) is 6.08. The first kappa shape index (κ1) is 13.0. The molecule has 1 fully saturated rings. The number of nitrogens with one attached hydrogen (secondary N) is 1. The van der Waals surface area contributed by atoms with Gasteiger partial charge in [0.25, 0.3) is 0 Å². The van der Waals surface area contributed by atoms with E-state index in [4.69, 9.17) is 9.84 Å². The fourth-order valence-corrected chi connectivity index (χ4v) is 1.75. The molecule has 1 unspecified atom stereocenters. The third kappa shape index (κ3) is 3.54. The number of aromatic nitrogens is 2. The van der Waals surface area contributed by atoms with E-state index in [9.17, 15) is 0 Å². The van der Waals surface area contributed by atoms with Crippen molar-refractivity contribution in [1.29, 1.82) is 0 Å². The van der Waals surface area contributed by atoms with Crippen LogP contribution < -0.4 is 10.2 Å². The molecule has 0 saturated carbocycles. The van der Waals surface area contributed by atoms with Crippen molar-refractivity contribution in [2.24, 2.45) is 5.92 Å². The molecule has 1 saturated heterocycles. The highest BCUT2D eigenvalue weighted by Crippen LogP contribution is 2.15. The monoisotopic (exact) mass is 252 g/mol. The summed E-state index contributed by atoms with van der Waals surface area (Å²) in [6, 6.07) is 1.94. The molecule has 6 heteroatoms. The van der Waals surface area contributed by atoms with E-state index >= 15 is 0 Å². The van der Waals surface area contributed by atoms with Gasteiger partial charge in [0, 0.05) is 32.3 Å².